The number of rotatable bonds is 3. The summed E-state index contributed by atoms with van der Waals surface area (Å²) in [5, 5.41) is 7.44. The van der Waals surface area contributed by atoms with Gasteiger partial charge >= 0.3 is 0 Å². The molecule has 1 saturated heterocycles. The molecule has 1 amide bonds. The zero-order valence-corrected chi connectivity index (χ0v) is 16.0. The summed E-state index contributed by atoms with van der Waals surface area (Å²) in [6.07, 6.45) is 0.971. The Bertz CT molecular complexity index is 1070. The van der Waals surface area contributed by atoms with Gasteiger partial charge in [-0.05, 0) is 36.6 Å². The molecule has 3 aromatic rings. The number of carbonyl (C=O) groups excluding carboxylic acids is 1. The Balaban J connectivity index is 1.89. The number of benzene rings is 1. The van der Waals surface area contributed by atoms with Crippen molar-refractivity contribution in [2.24, 2.45) is 5.92 Å². The number of likely N-dealkylation sites (tertiary alicyclic amines) is 1. The number of nitrogen functional groups attached to an aromatic ring is 1. The van der Waals surface area contributed by atoms with Crippen LogP contribution in [0, 0.1) is 5.92 Å². The first-order valence-electron chi connectivity index (χ1n) is 8.73. The molecule has 1 aromatic carbocycles. The SMILES string of the molecule is COc1ccc(-n2nc(C(=O)N3CCC(C)C3)c3csc(N)c3c2=O)cc1. The monoisotopic (exact) mass is 384 g/mol. The van der Waals surface area contributed by atoms with Crippen molar-refractivity contribution in [2.75, 3.05) is 25.9 Å². The highest BCUT2D eigenvalue weighted by atomic mass is 32.1. The van der Waals surface area contributed by atoms with Gasteiger partial charge in [0, 0.05) is 23.9 Å². The first kappa shape index (κ1) is 17.5. The number of carbonyl (C=O) groups is 1. The van der Waals surface area contributed by atoms with Crippen LogP contribution in [-0.4, -0.2) is 40.8 Å². The van der Waals surface area contributed by atoms with Gasteiger partial charge in [-0.15, -0.1) is 11.3 Å². The van der Waals surface area contributed by atoms with E-state index >= 15 is 0 Å². The summed E-state index contributed by atoms with van der Waals surface area (Å²) < 4.78 is 6.41. The molecule has 140 valence electrons. The molecule has 8 heteroatoms. The molecule has 1 aliphatic heterocycles. The normalized spacial score (nSPS) is 16.8. The van der Waals surface area contributed by atoms with E-state index in [1.807, 2.05) is 0 Å². The molecule has 0 radical (unpaired) electrons. The fourth-order valence-corrected chi connectivity index (χ4v) is 4.19. The maximum Gasteiger partial charge on any atom is 0.282 e. The quantitative estimate of drug-likeness (QED) is 0.749. The Morgan fingerprint density at radius 2 is 2.07 bits per heavy atom. The van der Waals surface area contributed by atoms with E-state index in [-0.39, 0.29) is 17.2 Å². The summed E-state index contributed by atoms with van der Waals surface area (Å²) in [7, 11) is 1.57. The third-order valence-electron chi connectivity index (χ3n) is 4.91. The number of hydrogen-bond donors (Lipinski definition) is 1. The Kier molecular flexibility index (Phi) is 4.35. The zero-order valence-electron chi connectivity index (χ0n) is 15.1. The molecule has 1 unspecified atom stereocenters. The lowest BCUT2D eigenvalue weighted by Gasteiger charge is -2.17. The molecular weight excluding hydrogens is 364 g/mol. The molecule has 1 atom stereocenters. The number of thiophene rings is 1. The number of ether oxygens (including phenoxy) is 1. The van der Waals surface area contributed by atoms with E-state index in [1.54, 1.807) is 41.7 Å². The molecule has 2 aromatic heterocycles. The molecule has 7 nitrogen and oxygen atoms in total. The largest absolute Gasteiger partial charge is 0.497 e. The minimum absolute atomic E-state index is 0.163. The first-order chi connectivity index (χ1) is 13.0. The van der Waals surface area contributed by atoms with Crippen LogP contribution < -0.4 is 16.0 Å². The highest BCUT2D eigenvalue weighted by molar-refractivity contribution is 7.15. The van der Waals surface area contributed by atoms with Gasteiger partial charge in [0.05, 0.1) is 23.2 Å². The average molecular weight is 384 g/mol. The second-order valence-corrected chi connectivity index (χ2v) is 7.71. The maximum absolute atomic E-state index is 13.1. The molecule has 1 aliphatic rings. The lowest BCUT2D eigenvalue weighted by molar-refractivity contribution is 0.0782. The van der Waals surface area contributed by atoms with E-state index in [2.05, 4.69) is 12.0 Å². The van der Waals surface area contributed by atoms with Crippen molar-refractivity contribution in [3.63, 3.8) is 0 Å². The Morgan fingerprint density at radius 1 is 1.33 bits per heavy atom. The van der Waals surface area contributed by atoms with Gasteiger partial charge in [-0.1, -0.05) is 6.92 Å². The number of amides is 1. The highest BCUT2D eigenvalue weighted by Gasteiger charge is 2.28. The Hall–Kier alpha value is -2.87. The van der Waals surface area contributed by atoms with Crippen molar-refractivity contribution in [3.05, 3.63) is 45.7 Å². The van der Waals surface area contributed by atoms with Crippen LogP contribution in [0.3, 0.4) is 0 Å². The lowest BCUT2D eigenvalue weighted by Crippen LogP contribution is -2.32. The summed E-state index contributed by atoms with van der Waals surface area (Å²) >= 11 is 1.25. The average Bonchev–Trinajstić information content (AvgIpc) is 3.28. The number of nitrogens with zero attached hydrogens (tertiary/aromatic N) is 3. The molecule has 2 N–H and O–H groups in total. The Labute approximate surface area is 160 Å². The van der Waals surface area contributed by atoms with Crippen LogP contribution in [0.25, 0.3) is 16.5 Å². The first-order valence-corrected chi connectivity index (χ1v) is 9.61. The zero-order chi connectivity index (χ0) is 19.1. The number of anilines is 1. The number of nitrogens with two attached hydrogens (primary N) is 1. The lowest BCUT2D eigenvalue weighted by atomic mass is 10.2. The fraction of sp³-hybridized carbons (Fsp3) is 0.316. The van der Waals surface area contributed by atoms with Crippen LogP contribution in [0.1, 0.15) is 23.8 Å². The third kappa shape index (κ3) is 2.95. The molecule has 1 fully saturated rings. The fourth-order valence-electron chi connectivity index (χ4n) is 3.40. The number of aromatic nitrogens is 2. The van der Waals surface area contributed by atoms with Gasteiger partial charge < -0.3 is 15.4 Å². The highest BCUT2D eigenvalue weighted by Crippen LogP contribution is 2.29. The molecular formula is C19H20N4O3S. The Morgan fingerprint density at radius 3 is 2.70 bits per heavy atom. The smallest absolute Gasteiger partial charge is 0.282 e. The molecule has 0 aliphatic carbocycles. The minimum atomic E-state index is -0.333. The van der Waals surface area contributed by atoms with Crippen molar-refractivity contribution in [3.8, 4) is 11.4 Å². The van der Waals surface area contributed by atoms with Crippen LogP contribution >= 0.6 is 11.3 Å². The molecule has 0 saturated carbocycles. The maximum atomic E-state index is 13.1. The van der Waals surface area contributed by atoms with Crippen LogP contribution in [0.15, 0.2) is 34.4 Å². The predicted octanol–water partition coefficient (Wildman–Crippen LogP) is 2.52. The second-order valence-electron chi connectivity index (χ2n) is 6.80. The van der Waals surface area contributed by atoms with E-state index in [4.69, 9.17) is 10.5 Å². The predicted molar refractivity (Wildman–Crippen MR) is 106 cm³/mol. The van der Waals surface area contributed by atoms with Crippen molar-refractivity contribution in [2.45, 2.75) is 13.3 Å². The summed E-state index contributed by atoms with van der Waals surface area (Å²) in [5.74, 6) is 0.971. The minimum Gasteiger partial charge on any atom is -0.497 e. The van der Waals surface area contributed by atoms with E-state index in [1.165, 1.54) is 16.0 Å². The van der Waals surface area contributed by atoms with E-state index in [9.17, 15) is 9.59 Å². The molecule has 3 heterocycles. The molecule has 4 rings (SSSR count). The van der Waals surface area contributed by atoms with E-state index in [0.717, 1.165) is 6.42 Å². The van der Waals surface area contributed by atoms with Gasteiger partial charge in [0.15, 0.2) is 5.69 Å². The summed E-state index contributed by atoms with van der Waals surface area (Å²) in [5.41, 5.74) is 6.53. The van der Waals surface area contributed by atoms with Gasteiger partial charge in [0.2, 0.25) is 0 Å². The van der Waals surface area contributed by atoms with Gasteiger partial charge in [0.1, 0.15) is 5.75 Å². The van der Waals surface area contributed by atoms with E-state index in [0.29, 0.717) is 46.2 Å². The van der Waals surface area contributed by atoms with Gasteiger partial charge in [0.25, 0.3) is 11.5 Å². The van der Waals surface area contributed by atoms with Crippen LogP contribution in [-0.2, 0) is 0 Å². The van der Waals surface area contributed by atoms with Crippen LogP contribution in [0.2, 0.25) is 0 Å². The van der Waals surface area contributed by atoms with Gasteiger partial charge in [-0.3, -0.25) is 9.59 Å². The number of fused-ring (bicyclic) bond motifs is 1. The topological polar surface area (TPSA) is 90.5 Å². The summed E-state index contributed by atoms with van der Waals surface area (Å²) in [6, 6.07) is 6.95. The summed E-state index contributed by atoms with van der Waals surface area (Å²) in [4.78, 5) is 27.9. The van der Waals surface area contributed by atoms with Crippen molar-refractivity contribution < 1.29 is 9.53 Å². The van der Waals surface area contributed by atoms with Gasteiger partial charge in [-0.25, -0.2) is 0 Å². The molecule has 0 bridgehead atoms. The van der Waals surface area contributed by atoms with Gasteiger partial charge in [-0.2, -0.15) is 9.78 Å². The van der Waals surface area contributed by atoms with Crippen LogP contribution in [0.4, 0.5) is 5.00 Å². The van der Waals surface area contributed by atoms with Crippen molar-refractivity contribution in [1.29, 1.82) is 0 Å². The van der Waals surface area contributed by atoms with Crippen LogP contribution in [0.5, 0.6) is 5.75 Å². The van der Waals surface area contributed by atoms with Crippen molar-refractivity contribution in [1.82, 2.24) is 14.7 Å². The van der Waals surface area contributed by atoms with Crippen molar-refractivity contribution >= 4 is 33.0 Å². The third-order valence-corrected chi connectivity index (χ3v) is 5.72. The standard InChI is InChI=1S/C19H20N4O3S/c1-11-7-8-22(9-11)19(25)16-14-10-27-17(20)15(14)18(24)23(21-16)12-3-5-13(26-2)6-4-12/h3-6,10-11H,7-9,20H2,1-2H3. The second kappa shape index (κ2) is 6.70. The molecule has 0 spiro atoms. The molecule has 27 heavy (non-hydrogen) atoms. The number of methoxy groups -OCH3 is 1. The van der Waals surface area contributed by atoms with E-state index < -0.39 is 0 Å². The number of hydrogen-bond acceptors (Lipinski definition) is 6. The summed E-state index contributed by atoms with van der Waals surface area (Å²) in [6.45, 7) is 3.52.